The van der Waals surface area contributed by atoms with E-state index < -0.39 is 0 Å². The number of rotatable bonds is 5. The maximum absolute atomic E-state index is 12.4. The third-order valence-corrected chi connectivity index (χ3v) is 3.72. The molecule has 1 atom stereocenters. The molecule has 0 radical (unpaired) electrons. The minimum Gasteiger partial charge on any atom is -0.396 e. The van der Waals surface area contributed by atoms with Gasteiger partial charge in [-0.3, -0.25) is 0 Å². The van der Waals surface area contributed by atoms with Gasteiger partial charge < -0.3 is 15.3 Å². The standard InChI is InChI=1S/C17H19ClN2O2/c1-20(16(11-12-21)13-5-3-2-4-6-13)17(22)19-15-9-7-14(18)8-10-15/h2-10,16,21H,11-12H2,1H3,(H,19,22). The third kappa shape index (κ3) is 4.23. The Balaban J connectivity index is 2.10. The molecule has 0 aliphatic heterocycles. The van der Waals surface area contributed by atoms with Crippen molar-refractivity contribution in [3.63, 3.8) is 0 Å². The van der Waals surface area contributed by atoms with E-state index >= 15 is 0 Å². The number of nitrogens with one attached hydrogen (secondary N) is 1. The third-order valence-electron chi connectivity index (χ3n) is 3.47. The number of benzene rings is 2. The summed E-state index contributed by atoms with van der Waals surface area (Å²) in [6, 6.07) is 16.2. The first-order valence-corrected chi connectivity index (χ1v) is 7.45. The highest BCUT2D eigenvalue weighted by Gasteiger charge is 2.21. The van der Waals surface area contributed by atoms with Gasteiger partial charge in [-0.05, 0) is 36.2 Å². The van der Waals surface area contributed by atoms with Gasteiger partial charge in [0.05, 0.1) is 6.04 Å². The Morgan fingerprint density at radius 1 is 1.18 bits per heavy atom. The van der Waals surface area contributed by atoms with Crippen molar-refractivity contribution in [2.45, 2.75) is 12.5 Å². The summed E-state index contributed by atoms with van der Waals surface area (Å²) >= 11 is 5.83. The van der Waals surface area contributed by atoms with Gasteiger partial charge in [0.2, 0.25) is 0 Å². The lowest BCUT2D eigenvalue weighted by Gasteiger charge is -2.28. The van der Waals surface area contributed by atoms with Gasteiger partial charge in [0.15, 0.2) is 0 Å². The number of aliphatic hydroxyl groups is 1. The molecule has 0 heterocycles. The van der Waals surface area contributed by atoms with Gasteiger partial charge >= 0.3 is 6.03 Å². The molecular weight excluding hydrogens is 300 g/mol. The lowest BCUT2D eigenvalue weighted by Crippen LogP contribution is -2.35. The second-order valence-electron chi connectivity index (χ2n) is 4.99. The number of hydrogen-bond donors (Lipinski definition) is 2. The number of aliphatic hydroxyl groups excluding tert-OH is 1. The van der Waals surface area contributed by atoms with Gasteiger partial charge in [-0.2, -0.15) is 0 Å². The van der Waals surface area contributed by atoms with Crippen molar-refractivity contribution in [3.8, 4) is 0 Å². The van der Waals surface area contributed by atoms with E-state index in [1.54, 1.807) is 36.2 Å². The zero-order valence-electron chi connectivity index (χ0n) is 12.4. The highest BCUT2D eigenvalue weighted by Crippen LogP contribution is 2.23. The largest absolute Gasteiger partial charge is 0.396 e. The number of carbonyl (C=O) groups is 1. The molecule has 2 amide bonds. The molecular formula is C17H19ClN2O2. The molecule has 0 aromatic heterocycles. The van der Waals surface area contributed by atoms with E-state index in [4.69, 9.17) is 11.6 Å². The molecule has 0 saturated heterocycles. The zero-order chi connectivity index (χ0) is 15.9. The van der Waals surface area contributed by atoms with Crippen molar-refractivity contribution in [2.75, 3.05) is 19.0 Å². The molecule has 4 nitrogen and oxygen atoms in total. The average molecular weight is 319 g/mol. The van der Waals surface area contributed by atoms with Crippen molar-refractivity contribution in [1.29, 1.82) is 0 Å². The van der Waals surface area contributed by atoms with Crippen LogP contribution in [0.25, 0.3) is 0 Å². The SMILES string of the molecule is CN(C(=O)Nc1ccc(Cl)cc1)C(CCO)c1ccccc1. The number of hydrogen-bond acceptors (Lipinski definition) is 2. The molecule has 22 heavy (non-hydrogen) atoms. The van der Waals surface area contributed by atoms with Crippen molar-refractivity contribution >= 4 is 23.3 Å². The average Bonchev–Trinajstić information content (AvgIpc) is 2.55. The van der Waals surface area contributed by atoms with Crippen LogP contribution < -0.4 is 5.32 Å². The normalized spacial score (nSPS) is 11.8. The Kier molecular flexibility index (Phi) is 5.81. The minimum absolute atomic E-state index is 0.0120. The van der Waals surface area contributed by atoms with E-state index in [1.165, 1.54) is 0 Å². The van der Waals surface area contributed by atoms with Crippen LogP contribution in [0.4, 0.5) is 10.5 Å². The summed E-state index contributed by atoms with van der Waals surface area (Å²) in [4.78, 5) is 14.0. The fraction of sp³-hybridized carbons (Fsp3) is 0.235. The van der Waals surface area contributed by atoms with Crippen molar-refractivity contribution in [3.05, 3.63) is 65.2 Å². The molecule has 2 N–H and O–H groups in total. The van der Waals surface area contributed by atoms with Gasteiger partial charge in [0.25, 0.3) is 0 Å². The fourth-order valence-corrected chi connectivity index (χ4v) is 2.39. The van der Waals surface area contributed by atoms with E-state index in [1.807, 2.05) is 30.3 Å². The van der Waals surface area contributed by atoms with Gasteiger partial charge in [0.1, 0.15) is 0 Å². The summed E-state index contributed by atoms with van der Waals surface area (Å²) in [7, 11) is 1.72. The first-order valence-electron chi connectivity index (χ1n) is 7.07. The van der Waals surface area contributed by atoms with Crippen molar-refractivity contribution in [1.82, 2.24) is 4.90 Å². The Bertz CT molecular complexity index is 602. The first-order chi connectivity index (χ1) is 10.6. The van der Waals surface area contributed by atoms with Crippen LogP contribution in [-0.4, -0.2) is 29.7 Å². The van der Waals surface area contributed by atoms with Crippen molar-refractivity contribution < 1.29 is 9.90 Å². The predicted molar refractivity (Wildman–Crippen MR) is 89.1 cm³/mol. The van der Waals surface area contributed by atoms with Crippen LogP contribution in [0.3, 0.4) is 0 Å². The summed E-state index contributed by atoms with van der Waals surface area (Å²) in [5, 5.41) is 12.7. The Morgan fingerprint density at radius 2 is 1.82 bits per heavy atom. The molecule has 0 aliphatic rings. The van der Waals surface area contributed by atoms with Gasteiger partial charge in [0, 0.05) is 24.4 Å². The van der Waals surface area contributed by atoms with E-state index in [2.05, 4.69) is 5.32 Å². The van der Waals surface area contributed by atoms with E-state index in [0.29, 0.717) is 17.1 Å². The van der Waals surface area contributed by atoms with E-state index in [-0.39, 0.29) is 18.7 Å². The smallest absolute Gasteiger partial charge is 0.322 e. The highest BCUT2D eigenvalue weighted by molar-refractivity contribution is 6.30. The highest BCUT2D eigenvalue weighted by atomic mass is 35.5. The molecule has 2 rings (SSSR count). The molecule has 2 aromatic rings. The number of amides is 2. The van der Waals surface area contributed by atoms with Gasteiger partial charge in [-0.15, -0.1) is 0 Å². The van der Waals surface area contributed by atoms with Crippen LogP contribution in [0, 0.1) is 0 Å². The zero-order valence-corrected chi connectivity index (χ0v) is 13.1. The van der Waals surface area contributed by atoms with E-state index in [9.17, 15) is 9.90 Å². The number of nitrogens with zero attached hydrogens (tertiary/aromatic N) is 1. The molecule has 1 unspecified atom stereocenters. The maximum Gasteiger partial charge on any atom is 0.322 e. The molecule has 0 bridgehead atoms. The number of urea groups is 1. The van der Waals surface area contributed by atoms with Crippen LogP contribution in [-0.2, 0) is 0 Å². The lowest BCUT2D eigenvalue weighted by atomic mass is 10.0. The van der Waals surface area contributed by atoms with Gasteiger partial charge in [-0.25, -0.2) is 4.79 Å². The Labute approximate surface area is 135 Å². The molecule has 0 aliphatic carbocycles. The topological polar surface area (TPSA) is 52.6 Å². The Morgan fingerprint density at radius 3 is 2.41 bits per heavy atom. The molecule has 0 spiro atoms. The molecule has 5 heteroatoms. The maximum atomic E-state index is 12.4. The monoisotopic (exact) mass is 318 g/mol. The van der Waals surface area contributed by atoms with Crippen LogP contribution in [0.15, 0.2) is 54.6 Å². The van der Waals surface area contributed by atoms with Crippen LogP contribution in [0.2, 0.25) is 5.02 Å². The van der Waals surface area contributed by atoms with Gasteiger partial charge in [-0.1, -0.05) is 41.9 Å². The van der Waals surface area contributed by atoms with E-state index in [0.717, 1.165) is 5.56 Å². The number of carbonyl (C=O) groups excluding carboxylic acids is 1. The quantitative estimate of drug-likeness (QED) is 0.877. The summed E-state index contributed by atoms with van der Waals surface area (Å²) in [6.07, 6.45) is 0.481. The van der Waals surface area contributed by atoms with Crippen LogP contribution in [0.1, 0.15) is 18.0 Å². The second-order valence-corrected chi connectivity index (χ2v) is 5.42. The summed E-state index contributed by atoms with van der Waals surface area (Å²) in [5.41, 5.74) is 1.67. The Hall–Kier alpha value is -2.04. The molecule has 0 saturated carbocycles. The summed E-state index contributed by atoms with van der Waals surface area (Å²) < 4.78 is 0. The predicted octanol–water partition coefficient (Wildman–Crippen LogP) is 3.93. The first kappa shape index (κ1) is 16.3. The molecule has 116 valence electrons. The van der Waals surface area contributed by atoms with Crippen molar-refractivity contribution in [2.24, 2.45) is 0 Å². The van der Waals surface area contributed by atoms with Crippen LogP contribution in [0.5, 0.6) is 0 Å². The summed E-state index contributed by atoms with van der Waals surface area (Å²) in [6.45, 7) is 0.0120. The minimum atomic E-state index is -0.232. The fourth-order valence-electron chi connectivity index (χ4n) is 2.27. The number of halogens is 1. The summed E-state index contributed by atoms with van der Waals surface area (Å²) in [5.74, 6) is 0. The lowest BCUT2D eigenvalue weighted by molar-refractivity contribution is 0.184. The number of anilines is 1. The van der Waals surface area contributed by atoms with Crippen LogP contribution >= 0.6 is 11.6 Å². The molecule has 2 aromatic carbocycles. The molecule has 0 fully saturated rings. The second kappa shape index (κ2) is 7.82.